The summed E-state index contributed by atoms with van der Waals surface area (Å²) in [7, 11) is 2.29. The van der Waals surface area contributed by atoms with Crippen molar-refractivity contribution in [3.8, 4) is 0 Å². The Bertz CT molecular complexity index is 153. The lowest BCUT2D eigenvalue weighted by Gasteiger charge is -2.31. The molecule has 1 aliphatic carbocycles. The number of nitrogens with two attached hydrogens (primary N) is 1. The van der Waals surface area contributed by atoms with Crippen molar-refractivity contribution < 1.29 is 0 Å². The van der Waals surface area contributed by atoms with Crippen LogP contribution >= 0.6 is 0 Å². The summed E-state index contributed by atoms with van der Waals surface area (Å²) in [5.74, 6) is 0.699. The van der Waals surface area contributed by atoms with Gasteiger partial charge < -0.3 is 10.6 Å². The van der Waals surface area contributed by atoms with E-state index in [0.717, 1.165) is 12.6 Å². The van der Waals surface area contributed by atoms with Gasteiger partial charge in [-0.1, -0.05) is 26.2 Å². The molecule has 0 heterocycles. The molecule has 0 aromatic heterocycles. The molecule has 15 heavy (non-hydrogen) atoms. The van der Waals surface area contributed by atoms with E-state index in [4.69, 9.17) is 5.73 Å². The molecule has 0 aliphatic heterocycles. The van der Waals surface area contributed by atoms with Gasteiger partial charge in [-0.25, -0.2) is 0 Å². The Kier molecular flexibility index (Phi) is 6.26. The number of hydrogen-bond acceptors (Lipinski definition) is 2. The zero-order chi connectivity index (χ0) is 11.1. The predicted octanol–water partition coefficient (Wildman–Crippen LogP) is 2.63. The van der Waals surface area contributed by atoms with Gasteiger partial charge in [-0.3, -0.25) is 0 Å². The summed E-state index contributed by atoms with van der Waals surface area (Å²) in [4.78, 5) is 2.57. The smallest absolute Gasteiger partial charge is 0.00922 e. The average Bonchev–Trinajstić information content (AvgIpc) is 2.29. The highest BCUT2D eigenvalue weighted by Crippen LogP contribution is 2.21. The highest BCUT2D eigenvalue weighted by molar-refractivity contribution is 4.73. The molecule has 90 valence electrons. The molecule has 1 unspecified atom stereocenters. The Hall–Kier alpha value is -0.0800. The molecule has 0 aromatic carbocycles. The third-order valence-electron chi connectivity index (χ3n) is 3.81. The average molecular weight is 212 g/mol. The number of nitrogens with zero attached hydrogens (tertiary/aromatic N) is 1. The second-order valence-corrected chi connectivity index (χ2v) is 5.26. The summed E-state index contributed by atoms with van der Waals surface area (Å²) in [5.41, 5.74) is 5.62. The van der Waals surface area contributed by atoms with Crippen LogP contribution in [0.3, 0.4) is 0 Å². The maximum absolute atomic E-state index is 5.62. The lowest BCUT2D eigenvalue weighted by molar-refractivity contribution is 0.186. The van der Waals surface area contributed by atoms with Gasteiger partial charge in [-0.05, 0) is 51.7 Å². The maximum atomic E-state index is 5.62. The van der Waals surface area contributed by atoms with Gasteiger partial charge in [0.05, 0.1) is 0 Å². The van der Waals surface area contributed by atoms with Crippen LogP contribution in [0.25, 0.3) is 0 Å². The second kappa shape index (κ2) is 7.24. The van der Waals surface area contributed by atoms with Crippen molar-refractivity contribution in [1.82, 2.24) is 4.90 Å². The van der Waals surface area contributed by atoms with Gasteiger partial charge in [0.2, 0.25) is 0 Å². The van der Waals surface area contributed by atoms with Crippen LogP contribution in [0.4, 0.5) is 0 Å². The molecule has 1 rings (SSSR count). The molecule has 0 spiro atoms. The first-order valence-electron chi connectivity index (χ1n) is 6.64. The highest BCUT2D eigenvalue weighted by atomic mass is 15.1. The molecule has 1 fully saturated rings. The SMILES string of the molecule is CC(CN)CCCN(C)C1CCCCC1. The fraction of sp³-hybridized carbons (Fsp3) is 1.00. The van der Waals surface area contributed by atoms with E-state index in [2.05, 4.69) is 18.9 Å². The van der Waals surface area contributed by atoms with Gasteiger partial charge in [0.1, 0.15) is 0 Å². The minimum absolute atomic E-state index is 0.699. The van der Waals surface area contributed by atoms with E-state index < -0.39 is 0 Å². The topological polar surface area (TPSA) is 29.3 Å². The lowest BCUT2D eigenvalue weighted by Crippen LogP contribution is -2.34. The minimum Gasteiger partial charge on any atom is -0.330 e. The molecular formula is C13H28N2. The van der Waals surface area contributed by atoms with Crippen LogP contribution in [0.15, 0.2) is 0 Å². The van der Waals surface area contributed by atoms with Gasteiger partial charge in [-0.15, -0.1) is 0 Å². The number of rotatable bonds is 6. The molecule has 2 nitrogen and oxygen atoms in total. The highest BCUT2D eigenvalue weighted by Gasteiger charge is 2.17. The summed E-state index contributed by atoms with van der Waals surface area (Å²) in [5, 5.41) is 0. The molecule has 0 bridgehead atoms. The predicted molar refractivity (Wildman–Crippen MR) is 67.0 cm³/mol. The van der Waals surface area contributed by atoms with E-state index in [1.807, 2.05) is 0 Å². The molecule has 0 amide bonds. The fourth-order valence-electron chi connectivity index (χ4n) is 2.51. The zero-order valence-electron chi connectivity index (χ0n) is 10.5. The Morgan fingerprint density at radius 1 is 1.27 bits per heavy atom. The first-order valence-corrected chi connectivity index (χ1v) is 6.64. The van der Waals surface area contributed by atoms with Crippen LogP contribution in [-0.4, -0.2) is 31.1 Å². The van der Waals surface area contributed by atoms with Gasteiger partial charge in [0.15, 0.2) is 0 Å². The van der Waals surface area contributed by atoms with Gasteiger partial charge in [0.25, 0.3) is 0 Å². The maximum Gasteiger partial charge on any atom is 0.00922 e. The van der Waals surface area contributed by atoms with Crippen LogP contribution < -0.4 is 5.73 Å². The van der Waals surface area contributed by atoms with Crippen LogP contribution in [0.1, 0.15) is 51.9 Å². The molecule has 0 radical (unpaired) electrons. The van der Waals surface area contributed by atoms with Gasteiger partial charge in [0, 0.05) is 6.04 Å². The quantitative estimate of drug-likeness (QED) is 0.733. The third-order valence-corrected chi connectivity index (χ3v) is 3.81. The first kappa shape index (κ1) is 13.0. The second-order valence-electron chi connectivity index (χ2n) is 5.26. The molecule has 2 N–H and O–H groups in total. The molecule has 0 aromatic rings. The van der Waals surface area contributed by atoms with Crippen molar-refractivity contribution >= 4 is 0 Å². The molecule has 1 atom stereocenters. The van der Waals surface area contributed by atoms with Crippen LogP contribution in [0.5, 0.6) is 0 Å². The van der Waals surface area contributed by atoms with E-state index in [1.165, 1.54) is 51.5 Å². The normalized spacial score (nSPS) is 20.8. The molecular weight excluding hydrogens is 184 g/mol. The van der Waals surface area contributed by atoms with Crippen LogP contribution in [-0.2, 0) is 0 Å². The monoisotopic (exact) mass is 212 g/mol. The summed E-state index contributed by atoms with van der Waals surface area (Å²) in [6.45, 7) is 4.35. The standard InChI is InChI=1S/C13H28N2/c1-12(11-14)7-6-10-15(2)13-8-4-3-5-9-13/h12-13H,3-11,14H2,1-2H3. The molecule has 2 heteroatoms. The lowest BCUT2D eigenvalue weighted by atomic mass is 9.94. The van der Waals surface area contributed by atoms with Crippen molar-refractivity contribution in [3.63, 3.8) is 0 Å². The Morgan fingerprint density at radius 2 is 1.93 bits per heavy atom. The van der Waals surface area contributed by atoms with Crippen molar-refractivity contribution in [2.75, 3.05) is 20.1 Å². The van der Waals surface area contributed by atoms with E-state index in [-0.39, 0.29) is 0 Å². The number of hydrogen-bond donors (Lipinski definition) is 1. The van der Waals surface area contributed by atoms with Crippen molar-refractivity contribution in [2.24, 2.45) is 11.7 Å². The van der Waals surface area contributed by atoms with Crippen molar-refractivity contribution in [3.05, 3.63) is 0 Å². The van der Waals surface area contributed by atoms with Gasteiger partial charge >= 0.3 is 0 Å². The van der Waals surface area contributed by atoms with Crippen LogP contribution in [0, 0.1) is 5.92 Å². The Morgan fingerprint density at radius 3 is 2.53 bits per heavy atom. The van der Waals surface area contributed by atoms with E-state index in [0.29, 0.717) is 5.92 Å². The van der Waals surface area contributed by atoms with E-state index in [9.17, 15) is 0 Å². The van der Waals surface area contributed by atoms with E-state index in [1.54, 1.807) is 0 Å². The summed E-state index contributed by atoms with van der Waals surface area (Å²) in [6.07, 6.45) is 9.77. The summed E-state index contributed by atoms with van der Waals surface area (Å²) >= 11 is 0. The summed E-state index contributed by atoms with van der Waals surface area (Å²) in [6, 6.07) is 0.868. The Balaban J connectivity index is 2.09. The zero-order valence-corrected chi connectivity index (χ0v) is 10.5. The van der Waals surface area contributed by atoms with Gasteiger partial charge in [-0.2, -0.15) is 0 Å². The molecule has 0 saturated heterocycles. The molecule has 1 saturated carbocycles. The minimum atomic E-state index is 0.699. The largest absolute Gasteiger partial charge is 0.330 e. The Labute approximate surface area is 95.2 Å². The first-order chi connectivity index (χ1) is 7.24. The van der Waals surface area contributed by atoms with Crippen molar-refractivity contribution in [2.45, 2.75) is 57.9 Å². The third kappa shape index (κ3) is 4.98. The van der Waals surface area contributed by atoms with Crippen molar-refractivity contribution in [1.29, 1.82) is 0 Å². The van der Waals surface area contributed by atoms with E-state index >= 15 is 0 Å². The molecule has 1 aliphatic rings. The summed E-state index contributed by atoms with van der Waals surface area (Å²) < 4.78 is 0. The van der Waals surface area contributed by atoms with Crippen LogP contribution in [0.2, 0.25) is 0 Å². The fourth-order valence-corrected chi connectivity index (χ4v) is 2.51.